The molecule has 0 bridgehead atoms. The Morgan fingerprint density at radius 2 is 1.82 bits per heavy atom. The molecule has 0 fully saturated rings. The first-order chi connectivity index (χ1) is 13.7. The first-order valence-corrected chi connectivity index (χ1v) is 10.3. The Morgan fingerprint density at radius 1 is 1.07 bits per heavy atom. The summed E-state index contributed by atoms with van der Waals surface area (Å²) in [5.41, 5.74) is 4.19. The fourth-order valence-electron chi connectivity index (χ4n) is 4.42. The standard InChI is InChI=1S/C24H28N2O2/c1-3-12-26(13-4-2)19-14-18-16-25-21-10-11-22(20(15-19)23(18)21)28-24(27)17-8-6-5-7-9-17/h5-11,16,19,25H,3-4,12-15H2,1-2H3. The summed E-state index contributed by atoms with van der Waals surface area (Å²) in [6.07, 6.45) is 6.38. The molecule has 2 aromatic carbocycles. The van der Waals surface area contributed by atoms with Gasteiger partial charge in [-0.2, -0.15) is 0 Å². The van der Waals surface area contributed by atoms with Crippen LogP contribution >= 0.6 is 0 Å². The molecule has 1 aromatic heterocycles. The average molecular weight is 377 g/mol. The molecule has 1 unspecified atom stereocenters. The second-order valence-corrected chi connectivity index (χ2v) is 7.63. The molecule has 1 atom stereocenters. The van der Waals surface area contributed by atoms with Crippen LogP contribution in [0.1, 0.15) is 48.2 Å². The van der Waals surface area contributed by atoms with Crippen LogP contribution in [0.2, 0.25) is 0 Å². The molecule has 0 spiro atoms. The molecular weight excluding hydrogens is 348 g/mol. The van der Waals surface area contributed by atoms with Crippen molar-refractivity contribution in [2.24, 2.45) is 0 Å². The van der Waals surface area contributed by atoms with Crippen LogP contribution in [-0.2, 0) is 12.8 Å². The number of carbonyl (C=O) groups excluding carboxylic acids is 1. The highest BCUT2D eigenvalue weighted by Crippen LogP contribution is 2.37. The monoisotopic (exact) mass is 376 g/mol. The van der Waals surface area contributed by atoms with E-state index in [0.717, 1.165) is 49.9 Å². The Kier molecular flexibility index (Phi) is 5.49. The summed E-state index contributed by atoms with van der Waals surface area (Å²) in [7, 11) is 0. The second-order valence-electron chi connectivity index (χ2n) is 7.63. The number of esters is 1. The van der Waals surface area contributed by atoms with Crippen molar-refractivity contribution in [3.05, 3.63) is 65.4 Å². The van der Waals surface area contributed by atoms with E-state index >= 15 is 0 Å². The lowest BCUT2D eigenvalue weighted by molar-refractivity contribution is 0.0732. The highest BCUT2D eigenvalue weighted by atomic mass is 16.5. The van der Waals surface area contributed by atoms with Gasteiger partial charge in [-0.25, -0.2) is 4.79 Å². The van der Waals surface area contributed by atoms with Gasteiger partial charge in [-0.1, -0.05) is 32.0 Å². The van der Waals surface area contributed by atoms with E-state index in [4.69, 9.17) is 4.74 Å². The number of carbonyl (C=O) groups is 1. The van der Waals surface area contributed by atoms with Crippen LogP contribution in [0.3, 0.4) is 0 Å². The summed E-state index contributed by atoms with van der Waals surface area (Å²) in [5, 5.41) is 1.24. The molecule has 1 aliphatic rings. The van der Waals surface area contributed by atoms with Crippen LogP contribution < -0.4 is 4.74 Å². The summed E-state index contributed by atoms with van der Waals surface area (Å²) in [6.45, 7) is 6.68. The van der Waals surface area contributed by atoms with Gasteiger partial charge >= 0.3 is 5.97 Å². The van der Waals surface area contributed by atoms with Crippen LogP contribution in [0.5, 0.6) is 5.75 Å². The maximum absolute atomic E-state index is 12.6. The summed E-state index contributed by atoms with van der Waals surface area (Å²) < 4.78 is 5.87. The van der Waals surface area contributed by atoms with Gasteiger partial charge in [0.1, 0.15) is 5.75 Å². The molecule has 4 nitrogen and oxygen atoms in total. The van der Waals surface area contributed by atoms with Gasteiger partial charge < -0.3 is 9.72 Å². The van der Waals surface area contributed by atoms with Crippen LogP contribution in [0.25, 0.3) is 10.9 Å². The van der Waals surface area contributed by atoms with Crippen LogP contribution in [0.4, 0.5) is 0 Å². The third-order valence-corrected chi connectivity index (χ3v) is 5.64. The van der Waals surface area contributed by atoms with Gasteiger partial charge in [0.2, 0.25) is 0 Å². The zero-order valence-electron chi connectivity index (χ0n) is 16.7. The zero-order chi connectivity index (χ0) is 19.5. The molecule has 3 aromatic rings. The molecule has 0 saturated heterocycles. The van der Waals surface area contributed by atoms with E-state index in [9.17, 15) is 4.79 Å². The molecule has 1 N–H and O–H groups in total. The number of hydrogen-bond donors (Lipinski definition) is 1. The van der Waals surface area contributed by atoms with Gasteiger partial charge in [0, 0.05) is 28.7 Å². The van der Waals surface area contributed by atoms with Gasteiger partial charge in [-0.05, 0) is 68.6 Å². The Labute approximate surface area is 166 Å². The smallest absolute Gasteiger partial charge is 0.343 e. The summed E-state index contributed by atoms with van der Waals surface area (Å²) in [4.78, 5) is 18.6. The molecule has 0 aliphatic heterocycles. The molecule has 4 heteroatoms. The predicted molar refractivity (Wildman–Crippen MR) is 113 cm³/mol. The minimum absolute atomic E-state index is 0.297. The minimum Gasteiger partial charge on any atom is -0.423 e. The molecule has 28 heavy (non-hydrogen) atoms. The number of nitrogens with zero attached hydrogens (tertiary/aromatic N) is 1. The predicted octanol–water partition coefficient (Wildman–Crippen LogP) is 4.98. The topological polar surface area (TPSA) is 45.3 Å². The summed E-state index contributed by atoms with van der Waals surface area (Å²) >= 11 is 0. The maximum atomic E-state index is 12.6. The fourth-order valence-corrected chi connectivity index (χ4v) is 4.42. The highest BCUT2D eigenvalue weighted by Gasteiger charge is 2.28. The number of hydrogen-bond acceptors (Lipinski definition) is 3. The summed E-state index contributed by atoms with van der Waals surface area (Å²) in [5.74, 6) is 0.397. The van der Waals surface area contributed by atoms with E-state index in [0.29, 0.717) is 17.4 Å². The lowest BCUT2D eigenvalue weighted by Gasteiger charge is -2.34. The fraction of sp³-hybridized carbons (Fsp3) is 0.375. The lowest BCUT2D eigenvalue weighted by Crippen LogP contribution is -2.41. The van der Waals surface area contributed by atoms with Crippen LogP contribution in [0, 0.1) is 0 Å². The lowest BCUT2D eigenvalue weighted by atomic mass is 9.87. The van der Waals surface area contributed by atoms with Crippen molar-refractivity contribution in [1.82, 2.24) is 9.88 Å². The van der Waals surface area contributed by atoms with Crippen molar-refractivity contribution in [3.8, 4) is 5.75 Å². The highest BCUT2D eigenvalue weighted by molar-refractivity contribution is 5.94. The quantitative estimate of drug-likeness (QED) is 0.467. The molecule has 0 radical (unpaired) electrons. The van der Waals surface area contributed by atoms with Crippen molar-refractivity contribution >= 4 is 16.9 Å². The maximum Gasteiger partial charge on any atom is 0.343 e. The first-order valence-electron chi connectivity index (χ1n) is 10.3. The molecule has 0 amide bonds. The van der Waals surface area contributed by atoms with Crippen molar-refractivity contribution < 1.29 is 9.53 Å². The van der Waals surface area contributed by atoms with Gasteiger partial charge in [0.05, 0.1) is 5.56 Å². The number of aromatic amines is 1. The number of nitrogens with one attached hydrogen (secondary N) is 1. The Bertz CT molecular complexity index is 955. The van der Waals surface area contributed by atoms with Crippen LogP contribution in [0.15, 0.2) is 48.7 Å². The molecular formula is C24H28N2O2. The van der Waals surface area contributed by atoms with Gasteiger partial charge in [-0.3, -0.25) is 4.90 Å². The number of rotatable bonds is 7. The van der Waals surface area contributed by atoms with E-state index in [-0.39, 0.29) is 5.97 Å². The number of ether oxygens (including phenoxy) is 1. The van der Waals surface area contributed by atoms with E-state index < -0.39 is 0 Å². The normalized spacial score (nSPS) is 15.9. The van der Waals surface area contributed by atoms with Gasteiger partial charge in [-0.15, -0.1) is 0 Å². The Hall–Kier alpha value is -2.59. The summed E-state index contributed by atoms with van der Waals surface area (Å²) in [6, 6.07) is 13.6. The SMILES string of the molecule is CCCN(CCC)C1Cc2c[nH]c3ccc(OC(=O)c4ccccc4)c(c23)C1. The molecule has 146 valence electrons. The average Bonchev–Trinajstić information content (AvgIpc) is 3.14. The van der Waals surface area contributed by atoms with E-state index in [1.54, 1.807) is 12.1 Å². The Balaban J connectivity index is 1.67. The van der Waals surface area contributed by atoms with Crippen molar-refractivity contribution in [2.45, 2.75) is 45.6 Å². The number of benzene rings is 2. The first kappa shape index (κ1) is 18.8. The molecule has 1 heterocycles. The number of aromatic nitrogens is 1. The number of H-pyrrole nitrogens is 1. The van der Waals surface area contributed by atoms with Crippen molar-refractivity contribution in [1.29, 1.82) is 0 Å². The zero-order valence-corrected chi connectivity index (χ0v) is 16.7. The van der Waals surface area contributed by atoms with Crippen LogP contribution in [-0.4, -0.2) is 35.0 Å². The van der Waals surface area contributed by atoms with Crippen molar-refractivity contribution in [2.75, 3.05) is 13.1 Å². The van der Waals surface area contributed by atoms with Gasteiger partial charge in [0.25, 0.3) is 0 Å². The van der Waals surface area contributed by atoms with E-state index in [1.807, 2.05) is 30.3 Å². The Morgan fingerprint density at radius 3 is 2.54 bits per heavy atom. The second kappa shape index (κ2) is 8.19. The van der Waals surface area contributed by atoms with Crippen molar-refractivity contribution in [3.63, 3.8) is 0 Å². The van der Waals surface area contributed by atoms with E-state index in [1.165, 1.54) is 10.9 Å². The van der Waals surface area contributed by atoms with E-state index in [2.05, 4.69) is 29.9 Å². The minimum atomic E-state index is -0.297. The third kappa shape index (κ3) is 3.57. The molecule has 4 rings (SSSR count). The molecule has 0 saturated carbocycles. The molecule has 1 aliphatic carbocycles. The third-order valence-electron chi connectivity index (χ3n) is 5.64. The van der Waals surface area contributed by atoms with Gasteiger partial charge in [0.15, 0.2) is 0 Å². The largest absolute Gasteiger partial charge is 0.423 e.